The van der Waals surface area contributed by atoms with E-state index in [2.05, 4.69) is 41.4 Å². The number of rotatable bonds is 2. The molecular formula is C16H24N2. The van der Waals surface area contributed by atoms with E-state index in [1.165, 1.54) is 51.0 Å². The minimum Gasteiger partial charge on any atom is -0.368 e. The first kappa shape index (κ1) is 12.0. The molecule has 18 heavy (non-hydrogen) atoms. The molecule has 2 atom stereocenters. The molecule has 0 bridgehead atoms. The van der Waals surface area contributed by atoms with Gasteiger partial charge in [-0.3, -0.25) is 0 Å². The molecule has 2 aliphatic rings. The van der Waals surface area contributed by atoms with E-state index < -0.39 is 0 Å². The number of hydrogen-bond donors (Lipinski definition) is 1. The van der Waals surface area contributed by atoms with Gasteiger partial charge in [0.05, 0.1) is 0 Å². The van der Waals surface area contributed by atoms with Crippen LogP contribution in [0, 0.1) is 5.92 Å². The zero-order chi connectivity index (χ0) is 12.4. The van der Waals surface area contributed by atoms with Gasteiger partial charge in [-0.1, -0.05) is 18.2 Å². The lowest BCUT2D eigenvalue weighted by atomic mass is 9.93. The molecule has 2 aliphatic heterocycles. The highest BCUT2D eigenvalue weighted by atomic mass is 15.2. The SMILES string of the molecule is CC1CCc2ccccc2N1CC1CCCNC1. The van der Waals surface area contributed by atoms with Crippen LogP contribution in [0.3, 0.4) is 0 Å². The Balaban J connectivity index is 1.77. The molecule has 2 nitrogen and oxygen atoms in total. The molecule has 1 aromatic carbocycles. The second-order valence-electron chi connectivity index (χ2n) is 5.88. The topological polar surface area (TPSA) is 15.3 Å². The number of fused-ring (bicyclic) bond motifs is 1. The van der Waals surface area contributed by atoms with Crippen molar-refractivity contribution in [2.45, 2.75) is 38.6 Å². The minimum absolute atomic E-state index is 0.696. The fraction of sp³-hybridized carbons (Fsp3) is 0.625. The van der Waals surface area contributed by atoms with Gasteiger partial charge in [0.1, 0.15) is 0 Å². The van der Waals surface area contributed by atoms with Gasteiger partial charge in [0.25, 0.3) is 0 Å². The molecule has 1 saturated heterocycles. The van der Waals surface area contributed by atoms with Crippen molar-refractivity contribution in [1.29, 1.82) is 0 Å². The maximum atomic E-state index is 3.54. The Labute approximate surface area is 110 Å². The molecule has 0 amide bonds. The van der Waals surface area contributed by atoms with E-state index in [1.54, 1.807) is 5.56 Å². The van der Waals surface area contributed by atoms with Gasteiger partial charge in [0.2, 0.25) is 0 Å². The van der Waals surface area contributed by atoms with Crippen LogP contribution < -0.4 is 10.2 Å². The molecule has 3 rings (SSSR count). The highest BCUT2D eigenvalue weighted by molar-refractivity contribution is 5.56. The number of benzene rings is 1. The van der Waals surface area contributed by atoms with Gasteiger partial charge in [0, 0.05) is 18.3 Å². The third-order valence-electron chi connectivity index (χ3n) is 4.52. The average molecular weight is 244 g/mol. The lowest BCUT2D eigenvalue weighted by Crippen LogP contribution is -2.44. The van der Waals surface area contributed by atoms with Crippen LogP contribution in [0.15, 0.2) is 24.3 Å². The first-order chi connectivity index (χ1) is 8.84. The van der Waals surface area contributed by atoms with Gasteiger partial charge in [0.15, 0.2) is 0 Å². The molecule has 2 unspecified atom stereocenters. The molecular weight excluding hydrogens is 220 g/mol. The summed E-state index contributed by atoms with van der Waals surface area (Å²) in [6.45, 7) is 6.02. The smallest absolute Gasteiger partial charge is 0.0401 e. The van der Waals surface area contributed by atoms with Crippen LogP contribution in [-0.2, 0) is 6.42 Å². The number of piperidine rings is 1. The second-order valence-corrected chi connectivity index (χ2v) is 5.88. The normalized spacial score (nSPS) is 27.9. The van der Waals surface area contributed by atoms with E-state index in [1.807, 2.05) is 0 Å². The summed E-state index contributed by atoms with van der Waals surface area (Å²) in [5.74, 6) is 0.826. The molecule has 0 aromatic heterocycles. The summed E-state index contributed by atoms with van der Waals surface area (Å²) in [7, 11) is 0. The summed E-state index contributed by atoms with van der Waals surface area (Å²) in [5, 5.41) is 3.54. The van der Waals surface area contributed by atoms with E-state index >= 15 is 0 Å². The van der Waals surface area contributed by atoms with E-state index in [4.69, 9.17) is 0 Å². The van der Waals surface area contributed by atoms with E-state index in [-0.39, 0.29) is 0 Å². The summed E-state index contributed by atoms with van der Waals surface area (Å²) in [6.07, 6.45) is 5.28. The predicted molar refractivity (Wildman–Crippen MR) is 77.2 cm³/mol. The fourth-order valence-corrected chi connectivity index (χ4v) is 3.40. The van der Waals surface area contributed by atoms with Crippen LogP contribution in [0.1, 0.15) is 31.7 Å². The molecule has 1 fully saturated rings. The van der Waals surface area contributed by atoms with Gasteiger partial charge in [-0.05, 0) is 63.2 Å². The summed E-state index contributed by atoms with van der Waals surface area (Å²) < 4.78 is 0. The predicted octanol–water partition coefficient (Wildman–Crippen LogP) is 2.83. The number of nitrogens with one attached hydrogen (secondary N) is 1. The van der Waals surface area contributed by atoms with Gasteiger partial charge in [-0.15, -0.1) is 0 Å². The van der Waals surface area contributed by atoms with Crippen molar-refractivity contribution in [1.82, 2.24) is 5.32 Å². The van der Waals surface area contributed by atoms with Crippen molar-refractivity contribution < 1.29 is 0 Å². The third kappa shape index (κ3) is 2.39. The van der Waals surface area contributed by atoms with Crippen molar-refractivity contribution in [3.63, 3.8) is 0 Å². The third-order valence-corrected chi connectivity index (χ3v) is 4.52. The number of nitrogens with zero attached hydrogens (tertiary/aromatic N) is 1. The Morgan fingerprint density at radius 3 is 3.00 bits per heavy atom. The maximum Gasteiger partial charge on any atom is 0.0401 e. The van der Waals surface area contributed by atoms with Crippen molar-refractivity contribution in [3.8, 4) is 0 Å². The van der Waals surface area contributed by atoms with E-state index in [0.717, 1.165) is 5.92 Å². The molecule has 1 N–H and O–H groups in total. The summed E-state index contributed by atoms with van der Waals surface area (Å²) in [5.41, 5.74) is 3.03. The number of para-hydroxylation sites is 1. The summed E-state index contributed by atoms with van der Waals surface area (Å²) in [4.78, 5) is 2.65. The molecule has 1 aromatic rings. The average Bonchev–Trinajstić information content (AvgIpc) is 2.43. The lowest BCUT2D eigenvalue weighted by Gasteiger charge is -2.40. The first-order valence-electron chi connectivity index (χ1n) is 7.40. The molecule has 0 saturated carbocycles. The molecule has 98 valence electrons. The molecule has 2 heteroatoms. The van der Waals surface area contributed by atoms with Crippen LogP contribution in [-0.4, -0.2) is 25.7 Å². The van der Waals surface area contributed by atoms with Crippen LogP contribution in [0.2, 0.25) is 0 Å². The zero-order valence-electron chi connectivity index (χ0n) is 11.4. The number of hydrogen-bond acceptors (Lipinski definition) is 2. The van der Waals surface area contributed by atoms with Crippen LogP contribution >= 0.6 is 0 Å². The van der Waals surface area contributed by atoms with Crippen LogP contribution in [0.4, 0.5) is 5.69 Å². The van der Waals surface area contributed by atoms with Crippen molar-refractivity contribution in [2.75, 3.05) is 24.5 Å². The molecule has 2 heterocycles. The van der Waals surface area contributed by atoms with Crippen molar-refractivity contribution in [3.05, 3.63) is 29.8 Å². The van der Waals surface area contributed by atoms with E-state index in [0.29, 0.717) is 6.04 Å². The monoisotopic (exact) mass is 244 g/mol. The Kier molecular flexibility index (Phi) is 3.55. The fourth-order valence-electron chi connectivity index (χ4n) is 3.40. The number of aryl methyl sites for hydroxylation is 1. The zero-order valence-corrected chi connectivity index (χ0v) is 11.4. The summed E-state index contributed by atoms with van der Waals surface area (Å²) >= 11 is 0. The Hall–Kier alpha value is -1.02. The minimum atomic E-state index is 0.696. The Bertz CT molecular complexity index is 396. The van der Waals surface area contributed by atoms with Crippen LogP contribution in [0.25, 0.3) is 0 Å². The van der Waals surface area contributed by atoms with Gasteiger partial charge in [-0.2, -0.15) is 0 Å². The molecule has 0 aliphatic carbocycles. The highest BCUT2D eigenvalue weighted by Gasteiger charge is 2.25. The Morgan fingerprint density at radius 1 is 1.28 bits per heavy atom. The highest BCUT2D eigenvalue weighted by Crippen LogP contribution is 2.31. The van der Waals surface area contributed by atoms with Crippen LogP contribution in [0.5, 0.6) is 0 Å². The largest absolute Gasteiger partial charge is 0.368 e. The van der Waals surface area contributed by atoms with E-state index in [9.17, 15) is 0 Å². The Morgan fingerprint density at radius 2 is 2.17 bits per heavy atom. The first-order valence-corrected chi connectivity index (χ1v) is 7.40. The quantitative estimate of drug-likeness (QED) is 0.860. The summed E-state index contributed by atoms with van der Waals surface area (Å²) in [6, 6.07) is 9.66. The van der Waals surface area contributed by atoms with Crippen molar-refractivity contribution in [2.24, 2.45) is 5.92 Å². The van der Waals surface area contributed by atoms with Gasteiger partial charge in [-0.25, -0.2) is 0 Å². The van der Waals surface area contributed by atoms with Gasteiger partial charge < -0.3 is 10.2 Å². The lowest BCUT2D eigenvalue weighted by molar-refractivity contribution is 0.363. The van der Waals surface area contributed by atoms with Gasteiger partial charge >= 0.3 is 0 Å². The second kappa shape index (κ2) is 5.31. The molecule has 0 spiro atoms. The van der Waals surface area contributed by atoms with Crippen molar-refractivity contribution >= 4 is 5.69 Å². The standard InChI is InChI=1S/C16H24N2/c1-13-8-9-15-6-2-3-7-16(15)18(13)12-14-5-4-10-17-11-14/h2-3,6-7,13-14,17H,4-5,8-12H2,1H3. The number of anilines is 1. The molecule has 0 radical (unpaired) electrons. The maximum absolute atomic E-state index is 3.54.